The summed E-state index contributed by atoms with van der Waals surface area (Å²) in [6, 6.07) is 12.2. The Bertz CT molecular complexity index is 651. The minimum absolute atomic E-state index is 0.258. The Morgan fingerprint density at radius 3 is 2.62 bits per heavy atom. The summed E-state index contributed by atoms with van der Waals surface area (Å²) < 4.78 is 5.26. The molecule has 1 amide bonds. The van der Waals surface area contributed by atoms with Gasteiger partial charge in [0.2, 0.25) is 5.91 Å². The topological polar surface area (TPSA) is 49.6 Å². The van der Waals surface area contributed by atoms with E-state index in [-0.39, 0.29) is 5.91 Å². The second-order valence-corrected chi connectivity index (χ2v) is 7.17. The van der Waals surface area contributed by atoms with Gasteiger partial charge in [0.1, 0.15) is 0 Å². The molecule has 2 aromatic rings. The van der Waals surface area contributed by atoms with Gasteiger partial charge in [-0.25, -0.2) is 0 Å². The Labute approximate surface area is 147 Å². The first-order chi connectivity index (χ1) is 11.7. The number of nitrogens with zero attached hydrogens (tertiary/aromatic N) is 3. The monoisotopic (exact) mass is 345 g/mol. The SMILES string of the molecule is Cc1cc(CN2CCN(C(=O)CCSc3ccccc3)CC2)on1. The molecule has 0 unspecified atom stereocenters. The van der Waals surface area contributed by atoms with E-state index >= 15 is 0 Å². The third kappa shape index (κ3) is 4.85. The second kappa shape index (κ2) is 8.35. The van der Waals surface area contributed by atoms with E-state index in [0.717, 1.165) is 49.9 Å². The van der Waals surface area contributed by atoms with Gasteiger partial charge in [-0.3, -0.25) is 9.69 Å². The van der Waals surface area contributed by atoms with Crippen LogP contribution >= 0.6 is 11.8 Å². The number of carbonyl (C=O) groups is 1. The van der Waals surface area contributed by atoms with E-state index < -0.39 is 0 Å². The first-order valence-corrected chi connectivity index (χ1v) is 9.29. The fraction of sp³-hybridized carbons (Fsp3) is 0.444. The van der Waals surface area contributed by atoms with Crippen molar-refractivity contribution < 1.29 is 9.32 Å². The van der Waals surface area contributed by atoms with Crippen LogP contribution in [-0.2, 0) is 11.3 Å². The predicted octanol–water partition coefficient (Wildman–Crippen LogP) is 2.81. The second-order valence-electron chi connectivity index (χ2n) is 6.00. The first-order valence-electron chi connectivity index (χ1n) is 8.31. The van der Waals surface area contributed by atoms with Gasteiger partial charge in [-0.1, -0.05) is 23.4 Å². The van der Waals surface area contributed by atoms with E-state index in [2.05, 4.69) is 22.2 Å². The lowest BCUT2D eigenvalue weighted by molar-refractivity contribution is -0.132. The summed E-state index contributed by atoms with van der Waals surface area (Å²) in [4.78, 5) is 17.8. The van der Waals surface area contributed by atoms with Crippen LogP contribution in [0.1, 0.15) is 17.9 Å². The van der Waals surface area contributed by atoms with Gasteiger partial charge in [-0.05, 0) is 19.1 Å². The van der Waals surface area contributed by atoms with Crippen molar-refractivity contribution >= 4 is 17.7 Å². The molecule has 5 nitrogen and oxygen atoms in total. The normalized spacial score (nSPS) is 15.6. The molecular formula is C18H23N3O2S. The van der Waals surface area contributed by atoms with Crippen LogP contribution in [0.15, 0.2) is 45.8 Å². The molecule has 1 aromatic heterocycles. The zero-order valence-electron chi connectivity index (χ0n) is 14.0. The Kier molecular flexibility index (Phi) is 5.93. The molecule has 3 rings (SSSR count). The van der Waals surface area contributed by atoms with Crippen molar-refractivity contribution in [3.8, 4) is 0 Å². The molecule has 128 valence electrons. The molecule has 6 heteroatoms. The summed E-state index contributed by atoms with van der Waals surface area (Å²) in [7, 11) is 0. The maximum Gasteiger partial charge on any atom is 0.223 e. The molecule has 0 spiro atoms. The average Bonchev–Trinajstić information content (AvgIpc) is 3.01. The molecule has 0 bridgehead atoms. The molecule has 0 saturated carbocycles. The van der Waals surface area contributed by atoms with Crippen LogP contribution in [0, 0.1) is 6.92 Å². The zero-order valence-corrected chi connectivity index (χ0v) is 14.8. The van der Waals surface area contributed by atoms with Gasteiger partial charge in [0.15, 0.2) is 5.76 Å². The summed E-state index contributed by atoms with van der Waals surface area (Å²) in [6.45, 7) is 6.06. The maximum absolute atomic E-state index is 12.3. The van der Waals surface area contributed by atoms with E-state index in [9.17, 15) is 4.79 Å². The highest BCUT2D eigenvalue weighted by Crippen LogP contribution is 2.18. The molecule has 1 saturated heterocycles. The van der Waals surface area contributed by atoms with E-state index in [0.29, 0.717) is 6.42 Å². The third-order valence-electron chi connectivity index (χ3n) is 4.11. The van der Waals surface area contributed by atoms with Gasteiger partial charge in [-0.15, -0.1) is 11.8 Å². The summed E-state index contributed by atoms with van der Waals surface area (Å²) >= 11 is 1.74. The highest BCUT2D eigenvalue weighted by atomic mass is 32.2. The fourth-order valence-electron chi connectivity index (χ4n) is 2.80. The van der Waals surface area contributed by atoms with Crippen LogP contribution in [-0.4, -0.2) is 52.8 Å². The van der Waals surface area contributed by atoms with Gasteiger partial charge in [0, 0.05) is 49.3 Å². The highest BCUT2D eigenvalue weighted by molar-refractivity contribution is 7.99. The highest BCUT2D eigenvalue weighted by Gasteiger charge is 2.21. The minimum Gasteiger partial charge on any atom is -0.360 e. The molecule has 0 N–H and O–H groups in total. The molecule has 0 atom stereocenters. The van der Waals surface area contributed by atoms with Crippen LogP contribution in [0.4, 0.5) is 0 Å². The molecule has 24 heavy (non-hydrogen) atoms. The summed E-state index contributed by atoms with van der Waals surface area (Å²) in [5.41, 5.74) is 0.912. The minimum atomic E-state index is 0.258. The van der Waals surface area contributed by atoms with E-state index in [1.165, 1.54) is 4.90 Å². The van der Waals surface area contributed by atoms with Crippen molar-refractivity contribution in [2.45, 2.75) is 24.8 Å². The lowest BCUT2D eigenvalue weighted by Crippen LogP contribution is -2.48. The van der Waals surface area contributed by atoms with Crippen molar-refractivity contribution in [3.05, 3.63) is 47.9 Å². The molecular weight excluding hydrogens is 322 g/mol. The molecule has 0 aliphatic carbocycles. The van der Waals surface area contributed by atoms with E-state index in [1.807, 2.05) is 36.1 Å². The van der Waals surface area contributed by atoms with Gasteiger partial charge in [0.25, 0.3) is 0 Å². The van der Waals surface area contributed by atoms with Gasteiger partial charge in [0.05, 0.1) is 12.2 Å². The number of piperazine rings is 1. The number of carbonyl (C=O) groups excluding carboxylic acids is 1. The van der Waals surface area contributed by atoms with Crippen molar-refractivity contribution in [1.29, 1.82) is 0 Å². The number of aryl methyl sites for hydroxylation is 1. The molecule has 1 aliphatic heterocycles. The molecule has 1 aliphatic rings. The largest absolute Gasteiger partial charge is 0.360 e. The predicted molar refractivity (Wildman–Crippen MR) is 94.9 cm³/mol. The smallest absolute Gasteiger partial charge is 0.223 e. The summed E-state index contributed by atoms with van der Waals surface area (Å²) in [5, 5.41) is 3.92. The van der Waals surface area contributed by atoms with Crippen LogP contribution < -0.4 is 0 Å². The molecule has 2 heterocycles. The Hall–Kier alpha value is -1.79. The van der Waals surface area contributed by atoms with Crippen LogP contribution in [0.25, 0.3) is 0 Å². The molecule has 1 fully saturated rings. The van der Waals surface area contributed by atoms with Crippen molar-refractivity contribution in [3.63, 3.8) is 0 Å². The Balaban J connectivity index is 1.37. The Morgan fingerprint density at radius 1 is 1.21 bits per heavy atom. The summed E-state index contributed by atoms with van der Waals surface area (Å²) in [5.74, 6) is 1.99. The molecule has 1 aromatic carbocycles. The van der Waals surface area contributed by atoms with Crippen molar-refractivity contribution in [2.24, 2.45) is 0 Å². The molecule has 0 radical (unpaired) electrons. The number of thioether (sulfide) groups is 1. The number of hydrogen-bond donors (Lipinski definition) is 0. The van der Waals surface area contributed by atoms with Crippen LogP contribution in [0.2, 0.25) is 0 Å². The van der Waals surface area contributed by atoms with Gasteiger partial charge >= 0.3 is 0 Å². The Morgan fingerprint density at radius 2 is 1.96 bits per heavy atom. The standard InChI is InChI=1S/C18H23N3O2S/c1-15-13-16(23-19-15)14-20-8-10-21(11-9-20)18(22)7-12-24-17-5-3-2-4-6-17/h2-6,13H,7-12,14H2,1H3. The number of amides is 1. The summed E-state index contributed by atoms with van der Waals surface area (Å²) in [6.07, 6.45) is 0.598. The maximum atomic E-state index is 12.3. The van der Waals surface area contributed by atoms with E-state index in [4.69, 9.17) is 4.52 Å². The zero-order chi connectivity index (χ0) is 16.8. The van der Waals surface area contributed by atoms with E-state index in [1.54, 1.807) is 11.8 Å². The number of hydrogen-bond acceptors (Lipinski definition) is 5. The van der Waals surface area contributed by atoms with Crippen molar-refractivity contribution in [1.82, 2.24) is 15.0 Å². The average molecular weight is 345 g/mol. The fourth-order valence-corrected chi connectivity index (χ4v) is 3.66. The number of aromatic nitrogens is 1. The first kappa shape index (κ1) is 17.0. The van der Waals surface area contributed by atoms with Gasteiger partial charge in [-0.2, -0.15) is 0 Å². The quantitative estimate of drug-likeness (QED) is 0.754. The van der Waals surface area contributed by atoms with Crippen LogP contribution in [0.3, 0.4) is 0 Å². The lowest BCUT2D eigenvalue weighted by atomic mass is 10.2. The van der Waals surface area contributed by atoms with Crippen molar-refractivity contribution in [2.75, 3.05) is 31.9 Å². The van der Waals surface area contributed by atoms with Crippen LogP contribution in [0.5, 0.6) is 0 Å². The number of rotatable bonds is 6. The third-order valence-corrected chi connectivity index (χ3v) is 5.12. The lowest BCUT2D eigenvalue weighted by Gasteiger charge is -2.34. The van der Waals surface area contributed by atoms with Gasteiger partial charge < -0.3 is 9.42 Å². The number of benzene rings is 1.